The Morgan fingerprint density at radius 1 is 0.377 bits per heavy atom. The number of hydrogen-bond donors (Lipinski definition) is 1. The Kier molecular flexibility index (Phi) is 24.6. The smallest absolute Gasteiger partial charge is 0.351 e. The Morgan fingerprint density at radius 2 is 0.705 bits per heavy atom. The van der Waals surface area contributed by atoms with Crippen LogP contribution in [0.2, 0.25) is 0 Å². The van der Waals surface area contributed by atoms with Crippen LogP contribution < -0.4 is 5.32 Å². The Hall–Kier alpha value is -6.36. The fourth-order valence-electron chi connectivity index (χ4n) is 5.13. The van der Waals surface area contributed by atoms with Crippen molar-refractivity contribution in [3.05, 3.63) is 0 Å². The SMILES string of the molecule is CCC(=O)NC(COC(=O)[C@H](OC(C)=O)[C@@H](OC(C)=O)[C@H](OC(C)=O)[C@@H](CC)OC(C)=O)COC(=O)[C@H](OC(C)=O)[C@@H](OC(C)=O)[C@H](OC(C)=O)[C@@H](COC(C)=O)OC(C)=O. The van der Waals surface area contributed by atoms with Crippen molar-refractivity contribution >= 4 is 71.6 Å². The van der Waals surface area contributed by atoms with Gasteiger partial charge in [0, 0.05) is 68.7 Å². The lowest BCUT2D eigenvalue weighted by Gasteiger charge is -2.34. The first-order valence-corrected chi connectivity index (χ1v) is 18.5. The number of hydrogen-bond acceptors (Lipinski definition) is 23. The highest BCUT2D eigenvalue weighted by Gasteiger charge is 2.49. The van der Waals surface area contributed by atoms with Crippen molar-refractivity contribution in [3.63, 3.8) is 0 Å². The lowest BCUT2D eigenvalue weighted by Crippen LogP contribution is -2.56. The molecule has 0 spiro atoms. The van der Waals surface area contributed by atoms with E-state index < -0.39 is 146 Å². The molecule has 0 heterocycles. The normalized spacial score (nSPS) is 15.0. The molecule has 0 aliphatic heterocycles. The molecule has 0 radical (unpaired) electrons. The summed E-state index contributed by atoms with van der Waals surface area (Å²) in [7, 11) is 0. The van der Waals surface area contributed by atoms with E-state index >= 15 is 0 Å². The predicted octanol–water partition coefficient (Wildman–Crippen LogP) is -0.606. The second-order valence-corrected chi connectivity index (χ2v) is 12.7. The molecule has 0 saturated heterocycles. The fraction of sp³-hybridized carbons (Fsp3) is 0.676. The zero-order valence-electron chi connectivity index (χ0n) is 35.6. The minimum atomic E-state index is -2.33. The summed E-state index contributed by atoms with van der Waals surface area (Å²) >= 11 is 0. The van der Waals surface area contributed by atoms with E-state index in [-0.39, 0.29) is 12.8 Å². The van der Waals surface area contributed by atoms with Crippen molar-refractivity contribution in [2.24, 2.45) is 0 Å². The van der Waals surface area contributed by atoms with E-state index in [2.05, 4.69) is 5.32 Å². The molecule has 1 N–H and O–H groups in total. The molecule has 0 saturated carbocycles. The van der Waals surface area contributed by atoms with Crippen LogP contribution in [0.25, 0.3) is 0 Å². The lowest BCUT2D eigenvalue weighted by molar-refractivity contribution is -0.208. The van der Waals surface area contributed by atoms with Gasteiger partial charge in [-0.3, -0.25) is 47.9 Å². The van der Waals surface area contributed by atoms with E-state index in [1.807, 2.05) is 0 Å². The van der Waals surface area contributed by atoms with Crippen LogP contribution in [0.1, 0.15) is 89.0 Å². The molecule has 0 aliphatic rings. The number of carbonyl (C=O) groups excluding carboxylic acids is 12. The van der Waals surface area contributed by atoms with Crippen molar-refractivity contribution in [1.82, 2.24) is 5.32 Å². The van der Waals surface area contributed by atoms with Gasteiger partial charge in [-0.25, -0.2) is 9.59 Å². The number of ether oxygens (including phenoxy) is 11. The molecule has 0 aliphatic carbocycles. The molecule has 0 aromatic heterocycles. The Balaban J connectivity index is 7.03. The van der Waals surface area contributed by atoms with E-state index in [0.717, 1.165) is 62.3 Å². The Labute approximate surface area is 350 Å². The maximum Gasteiger partial charge on any atom is 0.351 e. The molecule has 61 heavy (non-hydrogen) atoms. The second-order valence-electron chi connectivity index (χ2n) is 12.7. The van der Waals surface area contributed by atoms with Gasteiger partial charge in [-0.2, -0.15) is 0 Å². The fourth-order valence-corrected chi connectivity index (χ4v) is 5.13. The largest absolute Gasteiger partial charge is 0.462 e. The molecular weight excluding hydrogens is 826 g/mol. The summed E-state index contributed by atoms with van der Waals surface area (Å²) in [5.74, 6) is -13.1. The van der Waals surface area contributed by atoms with Gasteiger partial charge in [0.25, 0.3) is 0 Å². The first-order valence-electron chi connectivity index (χ1n) is 18.5. The predicted molar refractivity (Wildman–Crippen MR) is 195 cm³/mol. The highest BCUT2D eigenvalue weighted by atomic mass is 16.7. The van der Waals surface area contributed by atoms with Gasteiger partial charge in [0.1, 0.15) is 25.9 Å². The number of rotatable bonds is 25. The Bertz CT molecular complexity index is 1610. The highest BCUT2D eigenvalue weighted by Crippen LogP contribution is 2.24. The molecule has 1 unspecified atom stereocenters. The first kappa shape index (κ1) is 54.6. The standard InChI is InChI=1S/C37H53NO23/c1-12-27(54-18(4)40)30(56-20(6)42)32(58-22(8)44)34(60-24(10)46)36(49)52-14-26(38-29(48)13-2)15-53-37(50)35(61-25(11)47)33(59-23(9)45)31(57-21(7)43)28(55-19(5)41)16-51-17(3)39/h26-28,30-35H,12-16H2,1-11H3,(H,38,48)/t26?,27-,28-,30-,31-,32+,33+,34-,35-/m1/s1. The van der Waals surface area contributed by atoms with Gasteiger partial charge in [-0.15, -0.1) is 0 Å². The molecule has 0 fully saturated rings. The zero-order valence-corrected chi connectivity index (χ0v) is 35.6. The minimum absolute atomic E-state index is 0.0709. The first-order chi connectivity index (χ1) is 28.3. The van der Waals surface area contributed by atoms with Gasteiger partial charge in [0.2, 0.25) is 18.1 Å². The van der Waals surface area contributed by atoms with Crippen molar-refractivity contribution in [1.29, 1.82) is 0 Å². The molecular formula is C37H53NO23. The van der Waals surface area contributed by atoms with Crippen LogP contribution in [0.3, 0.4) is 0 Å². The zero-order chi connectivity index (χ0) is 47.1. The molecule has 24 heteroatoms. The van der Waals surface area contributed by atoms with Crippen molar-refractivity contribution in [3.8, 4) is 0 Å². The topological polar surface area (TPSA) is 318 Å². The number of carbonyl (C=O) groups is 12. The number of esters is 11. The van der Waals surface area contributed by atoms with Gasteiger partial charge < -0.3 is 57.4 Å². The van der Waals surface area contributed by atoms with Crippen molar-refractivity contribution in [2.75, 3.05) is 19.8 Å². The van der Waals surface area contributed by atoms with Gasteiger partial charge in [-0.05, 0) is 6.42 Å². The van der Waals surface area contributed by atoms with Crippen LogP contribution in [-0.4, -0.2) is 146 Å². The molecule has 0 aromatic rings. The summed E-state index contributed by atoms with van der Waals surface area (Å²) in [6.07, 6.45) is -15.8. The second kappa shape index (κ2) is 27.4. The van der Waals surface area contributed by atoms with Crippen molar-refractivity contribution < 1.29 is 110 Å². The monoisotopic (exact) mass is 879 g/mol. The van der Waals surface area contributed by atoms with Crippen LogP contribution in [0.4, 0.5) is 0 Å². The quantitative estimate of drug-likeness (QED) is 0.0883. The van der Waals surface area contributed by atoms with Crippen LogP contribution in [0, 0.1) is 0 Å². The summed E-state index contributed by atoms with van der Waals surface area (Å²) < 4.78 is 57.1. The third-order valence-corrected chi connectivity index (χ3v) is 7.26. The summed E-state index contributed by atoms with van der Waals surface area (Å²) in [4.78, 5) is 149. The minimum Gasteiger partial charge on any atom is -0.462 e. The van der Waals surface area contributed by atoms with Gasteiger partial charge in [0.15, 0.2) is 30.5 Å². The average Bonchev–Trinajstić information content (AvgIpc) is 3.13. The van der Waals surface area contributed by atoms with Crippen LogP contribution in [0.15, 0.2) is 0 Å². The van der Waals surface area contributed by atoms with E-state index in [0.29, 0.717) is 0 Å². The molecule has 24 nitrogen and oxygen atoms in total. The molecule has 1 amide bonds. The third kappa shape index (κ3) is 22.0. The van der Waals surface area contributed by atoms with E-state index in [9.17, 15) is 57.5 Å². The van der Waals surface area contributed by atoms with Gasteiger partial charge in [-0.1, -0.05) is 13.8 Å². The number of nitrogens with one attached hydrogen (secondary N) is 1. The molecule has 0 bridgehead atoms. The van der Waals surface area contributed by atoms with Gasteiger partial charge in [0.05, 0.1) is 6.04 Å². The molecule has 0 rings (SSSR count). The maximum absolute atomic E-state index is 13.7. The lowest BCUT2D eigenvalue weighted by atomic mass is 10.00. The molecule has 0 aromatic carbocycles. The average molecular weight is 880 g/mol. The third-order valence-electron chi connectivity index (χ3n) is 7.26. The van der Waals surface area contributed by atoms with Crippen LogP contribution >= 0.6 is 0 Å². The highest BCUT2D eigenvalue weighted by molar-refractivity contribution is 5.82. The number of amides is 1. The summed E-state index contributed by atoms with van der Waals surface area (Å²) in [5.41, 5.74) is 0. The maximum atomic E-state index is 13.7. The summed E-state index contributed by atoms with van der Waals surface area (Å²) in [6, 6.07) is -1.48. The Morgan fingerprint density at radius 3 is 1.02 bits per heavy atom. The van der Waals surface area contributed by atoms with Crippen LogP contribution in [-0.2, 0) is 110 Å². The molecule has 344 valence electrons. The summed E-state index contributed by atoms with van der Waals surface area (Å²) in [6.45, 7) is 8.53. The van der Waals surface area contributed by atoms with E-state index in [4.69, 9.17) is 52.1 Å². The van der Waals surface area contributed by atoms with Gasteiger partial charge >= 0.3 is 65.7 Å². The van der Waals surface area contributed by atoms with E-state index in [1.54, 1.807) is 0 Å². The van der Waals surface area contributed by atoms with E-state index in [1.165, 1.54) is 13.8 Å². The summed E-state index contributed by atoms with van der Waals surface area (Å²) in [5, 5.41) is 2.39. The van der Waals surface area contributed by atoms with Crippen molar-refractivity contribution in [2.45, 2.75) is 144 Å². The molecule has 9 atom stereocenters. The van der Waals surface area contributed by atoms with Crippen LogP contribution in [0.5, 0.6) is 0 Å².